The molecule has 4 heteroatoms. The summed E-state index contributed by atoms with van der Waals surface area (Å²) in [5, 5.41) is 0. The minimum atomic E-state index is -0.148. The average Bonchev–Trinajstić information content (AvgIpc) is 2.90. The van der Waals surface area contributed by atoms with Crippen LogP contribution in [0.4, 0.5) is 4.39 Å². The topological polar surface area (TPSA) is 21.7 Å². The van der Waals surface area contributed by atoms with E-state index in [1.54, 1.807) is 19.2 Å². The molecule has 0 radical (unpaired) electrons. The Kier molecular flexibility index (Phi) is 5.11. The first kappa shape index (κ1) is 15.9. The second-order valence-electron chi connectivity index (χ2n) is 6.59. The van der Waals surface area contributed by atoms with Crippen molar-refractivity contribution in [2.75, 3.05) is 33.4 Å². The highest BCUT2D eigenvalue weighted by atomic mass is 19.1. The molecule has 1 atom stereocenters. The Balaban J connectivity index is 1.55. The Morgan fingerprint density at radius 1 is 1.36 bits per heavy atom. The van der Waals surface area contributed by atoms with Crippen molar-refractivity contribution < 1.29 is 13.9 Å². The maximum Gasteiger partial charge on any atom is 0.123 e. The summed E-state index contributed by atoms with van der Waals surface area (Å²) in [5.74, 6) is 0.480. The Labute approximate surface area is 132 Å². The highest BCUT2D eigenvalue weighted by molar-refractivity contribution is 5.16. The number of ether oxygens (including phenoxy) is 2. The van der Waals surface area contributed by atoms with Gasteiger partial charge >= 0.3 is 0 Å². The van der Waals surface area contributed by atoms with Gasteiger partial charge in [-0.05, 0) is 49.3 Å². The summed E-state index contributed by atoms with van der Waals surface area (Å²) in [4.78, 5) is 2.41. The number of nitrogens with zero attached hydrogens (tertiary/aromatic N) is 1. The first-order valence-electron chi connectivity index (χ1n) is 8.31. The van der Waals surface area contributed by atoms with Crippen LogP contribution in [-0.4, -0.2) is 43.9 Å². The SMILES string of the molecule is COCC[C@H]1CCOC12CCN(Cc1cccc(F)c1)CC2. The van der Waals surface area contributed by atoms with Gasteiger partial charge in [0.2, 0.25) is 0 Å². The van der Waals surface area contributed by atoms with Gasteiger partial charge < -0.3 is 9.47 Å². The van der Waals surface area contributed by atoms with Crippen LogP contribution in [0.5, 0.6) is 0 Å². The number of rotatable bonds is 5. The van der Waals surface area contributed by atoms with E-state index in [1.807, 2.05) is 6.07 Å². The zero-order valence-corrected chi connectivity index (χ0v) is 13.4. The van der Waals surface area contributed by atoms with Crippen molar-refractivity contribution in [1.82, 2.24) is 4.90 Å². The molecular formula is C18H26FNO2. The summed E-state index contributed by atoms with van der Waals surface area (Å²) in [6, 6.07) is 6.93. The number of likely N-dealkylation sites (tertiary alicyclic amines) is 1. The molecule has 0 amide bonds. The third-order valence-electron chi connectivity index (χ3n) is 5.27. The van der Waals surface area contributed by atoms with Crippen LogP contribution in [0.1, 0.15) is 31.2 Å². The van der Waals surface area contributed by atoms with E-state index in [1.165, 1.54) is 6.07 Å². The molecule has 1 aromatic rings. The van der Waals surface area contributed by atoms with Crippen molar-refractivity contribution >= 4 is 0 Å². The summed E-state index contributed by atoms with van der Waals surface area (Å²) < 4.78 is 24.7. The molecule has 0 aliphatic carbocycles. The molecule has 0 bridgehead atoms. The quantitative estimate of drug-likeness (QED) is 0.833. The summed E-state index contributed by atoms with van der Waals surface area (Å²) in [7, 11) is 1.77. The standard InChI is InChI=1S/C18H26FNO2/c1-21-11-5-16-6-12-22-18(16)7-9-20(10-8-18)14-15-3-2-4-17(19)13-15/h2-4,13,16H,5-12,14H2,1H3/t16-/m0/s1. The van der Waals surface area contributed by atoms with Gasteiger partial charge in [-0.1, -0.05) is 12.1 Å². The van der Waals surface area contributed by atoms with Crippen LogP contribution < -0.4 is 0 Å². The van der Waals surface area contributed by atoms with Crippen LogP contribution in [0, 0.1) is 11.7 Å². The van der Waals surface area contributed by atoms with Crippen molar-refractivity contribution in [3.8, 4) is 0 Å². The molecule has 0 aromatic heterocycles. The predicted octanol–water partition coefficient (Wildman–Crippen LogP) is 3.23. The Morgan fingerprint density at radius 3 is 2.91 bits per heavy atom. The van der Waals surface area contributed by atoms with Crippen LogP contribution in [0.3, 0.4) is 0 Å². The van der Waals surface area contributed by atoms with Gasteiger partial charge in [0.15, 0.2) is 0 Å². The van der Waals surface area contributed by atoms with Gasteiger partial charge in [0.1, 0.15) is 5.82 Å². The van der Waals surface area contributed by atoms with Crippen molar-refractivity contribution in [2.24, 2.45) is 5.92 Å². The molecule has 2 fully saturated rings. The van der Waals surface area contributed by atoms with E-state index in [9.17, 15) is 4.39 Å². The van der Waals surface area contributed by atoms with Gasteiger partial charge in [-0.15, -0.1) is 0 Å². The van der Waals surface area contributed by atoms with Crippen molar-refractivity contribution in [3.05, 3.63) is 35.6 Å². The molecular weight excluding hydrogens is 281 g/mol. The lowest BCUT2D eigenvalue weighted by atomic mass is 9.78. The third-order valence-corrected chi connectivity index (χ3v) is 5.27. The number of methoxy groups -OCH3 is 1. The summed E-state index contributed by atoms with van der Waals surface area (Å²) in [6.07, 6.45) is 4.42. The second-order valence-corrected chi connectivity index (χ2v) is 6.59. The predicted molar refractivity (Wildman–Crippen MR) is 84.2 cm³/mol. The molecule has 0 unspecified atom stereocenters. The first-order chi connectivity index (χ1) is 10.7. The molecule has 2 aliphatic heterocycles. The third kappa shape index (κ3) is 3.50. The molecule has 22 heavy (non-hydrogen) atoms. The minimum Gasteiger partial charge on any atom is -0.385 e. The fourth-order valence-electron chi connectivity index (χ4n) is 3.99. The Morgan fingerprint density at radius 2 is 2.18 bits per heavy atom. The fraction of sp³-hybridized carbons (Fsp3) is 0.667. The number of piperidine rings is 1. The Bertz CT molecular complexity index is 486. The number of halogens is 1. The maximum absolute atomic E-state index is 13.3. The highest BCUT2D eigenvalue weighted by Crippen LogP contribution is 2.42. The minimum absolute atomic E-state index is 0.0664. The van der Waals surface area contributed by atoms with Crippen molar-refractivity contribution in [3.63, 3.8) is 0 Å². The number of benzene rings is 1. The zero-order chi connectivity index (χ0) is 15.4. The van der Waals surface area contributed by atoms with Gasteiger partial charge in [-0.3, -0.25) is 4.90 Å². The van der Waals surface area contributed by atoms with Crippen LogP contribution in [-0.2, 0) is 16.0 Å². The van der Waals surface area contributed by atoms with Gasteiger partial charge in [-0.2, -0.15) is 0 Å². The molecule has 1 spiro atoms. The normalized spacial score (nSPS) is 24.9. The molecule has 3 rings (SSSR count). The molecule has 0 saturated carbocycles. The van der Waals surface area contributed by atoms with E-state index in [2.05, 4.69) is 4.90 Å². The Hall–Kier alpha value is -0.970. The largest absolute Gasteiger partial charge is 0.385 e. The van der Waals surface area contributed by atoms with Gasteiger partial charge in [-0.25, -0.2) is 4.39 Å². The average molecular weight is 307 g/mol. The lowest BCUT2D eigenvalue weighted by molar-refractivity contribution is -0.0721. The van der Waals surface area contributed by atoms with E-state index in [0.717, 1.165) is 64.1 Å². The van der Waals surface area contributed by atoms with Gasteiger partial charge in [0, 0.05) is 40.0 Å². The lowest BCUT2D eigenvalue weighted by Crippen LogP contribution is -2.47. The zero-order valence-electron chi connectivity index (χ0n) is 13.4. The summed E-state index contributed by atoms with van der Waals surface area (Å²) in [5.41, 5.74) is 1.12. The molecule has 3 nitrogen and oxygen atoms in total. The van der Waals surface area contributed by atoms with Crippen molar-refractivity contribution in [1.29, 1.82) is 0 Å². The fourth-order valence-corrected chi connectivity index (χ4v) is 3.99. The number of hydrogen-bond donors (Lipinski definition) is 0. The highest BCUT2D eigenvalue weighted by Gasteiger charge is 2.45. The molecule has 1 aromatic carbocycles. The summed E-state index contributed by atoms with van der Waals surface area (Å²) >= 11 is 0. The van der Waals surface area contributed by atoms with Gasteiger partial charge in [0.05, 0.1) is 5.60 Å². The van der Waals surface area contributed by atoms with Crippen LogP contribution in [0.15, 0.2) is 24.3 Å². The van der Waals surface area contributed by atoms with E-state index < -0.39 is 0 Å². The van der Waals surface area contributed by atoms with Crippen LogP contribution in [0.25, 0.3) is 0 Å². The smallest absolute Gasteiger partial charge is 0.123 e. The van der Waals surface area contributed by atoms with E-state index in [4.69, 9.17) is 9.47 Å². The molecule has 2 heterocycles. The molecule has 2 saturated heterocycles. The molecule has 2 aliphatic rings. The van der Waals surface area contributed by atoms with Crippen molar-refractivity contribution in [2.45, 2.75) is 37.8 Å². The lowest BCUT2D eigenvalue weighted by Gasteiger charge is -2.42. The molecule has 122 valence electrons. The van der Waals surface area contributed by atoms with E-state index in [-0.39, 0.29) is 11.4 Å². The van der Waals surface area contributed by atoms with Crippen LogP contribution >= 0.6 is 0 Å². The monoisotopic (exact) mass is 307 g/mol. The van der Waals surface area contributed by atoms with E-state index in [0.29, 0.717) is 5.92 Å². The van der Waals surface area contributed by atoms with Gasteiger partial charge in [0.25, 0.3) is 0 Å². The van der Waals surface area contributed by atoms with Crippen LogP contribution in [0.2, 0.25) is 0 Å². The second kappa shape index (κ2) is 7.07. The number of hydrogen-bond acceptors (Lipinski definition) is 3. The first-order valence-corrected chi connectivity index (χ1v) is 8.31. The molecule has 0 N–H and O–H groups in total. The summed E-state index contributed by atoms with van der Waals surface area (Å²) in [6.45, 7) is 4.59. The van der Waals surface area contributed by atoms with E-state index >= 15 is 0 Å². The maximum atomic E-state index is 13.3.